The first-order chi connectivity index (χ1) is 8.36. The van der Waals surface area contributed by atoms with Gasteiger partial charge in [-0.25, -0.2) is 13.1 Å². The topological polar surface area (TPSA) is 70.0 Å². The second-order valence-electron chi connectivity index (χ2n) is 4.34. The van der Waals surface area contributed by atoms with Gasteiger partial charge in [0, 0.05) is 6.54 Å². The van der Waals surface area contributed by atoms with Crippen molar-refractivity contribution in [1.82, 2.24) is 4.72 Å². The van der Waals surface area contributed by atoms with Crippen molar-refractivity contribution in [2.24, 2.45) is 5.92 Å². The zero-order valence-electron chi connectivity index (χ0n) is 10.3. The second kappa shape index (κ2) is 6.19. The summed E-state index contributed by atoms with van der Waals surface area (Å²) in [6.07, 6.45) is 0.745. The molecule has 0 bridgehead atoms. The number of nitriles is 1. The number of hydrogen-bond acceptors (Lipinski definition) is 3. The SMILES string of the molecule is CC(C)CCNS(=O)(=O)c1cc(C#N)ccc1Cl. The van der Waals surface area contributed by atoms with E-state index in [-0.39, 0.29) is 15.5 Å². The number of nitrogens with zero attached hydrogens (tertiary/aromatic N) is 1. The minimum absolute atomic E-state index is 0.0491. The van der Waals surface area contributed by atoms with Gasteiger partial charge in [-0.3, -0.25) is 0 Å². The van der Waals surface area contributed by atoms with Crippen LogP contribution in [-0.4, -0.2) is 15.0 Å². The van der Waals surface area contributed by atoms with Crippen molar-refractivity contribution in [3.05, 3.63) is 28.8 Å². The van der Waals surface area contributed by atoms with Crippen LogP contribution in [0.5, 0.6) is 0 Å². The Morgan fingerprint density at radius 2 is 2.11 bits per heavy atom. The summed E-state index contributed by atoms with van der Waals surface area (Å²) >= 11 is 5.85. The molecule has 98 valence electrons. The van der Waals surface area contributed by atoms with Crippen LogP contribution < -0.4 is 4.72 Å². The summed E-state index contributed by atoms with van der Waals surface area (Å²) in [7, 11) is -3.65. The van der Waals surface area contributed by atoms with Crippen LogP contribution in [0.15, 0.2) is 23.1 Å². The number of sulfonamides is 1. The Hall–Kier alpha value is -1.09. The van der Waals surface area contributed by atoms with Crippen LogP contribution in [0.4, 0.5) is 0 Å². The van der Waals surface area contributed by atoms with Gasteiger partial charge in [-0.2, -0.15) is 5.26 Å². The lowest BCUT2D eigenvalue weighted by atomic mass is 10.1. The Morgan fingerprint density at radius 3 is 2.67 bits per heavy atom. The average Bonchev–Trinajstić information content (AvgIpc) is 2.28. The Kier molecular flexibility index (Phi) is 5.15. The first-order valence-electron chi connectivity index (χ1n) is 5.56. The van der Waals surface area contributed by atoms with Gasteiger partial charge in [0.2, 0.25) is 10.0 Å². The highest BCUT2D eigenvalue weighted by Gasteiger charge is 2.18. The van der Waals surface area contributed by atoms with Crippen LogP contribution in [-0.2, 0) is 10.0 Å². The fourth-order valence-electron chi connectivity index (χ4n) is 1.34. The molecule has 0 amide bonds. The van der Waals surface area contributed by atoms with Gasteiger partial charge < -0.3 is 0 Å². The minimum atomic E-state index is -3.65. The first kappa shape index (κ1) is 15.0. The van der Waals surface area contributed by atoms with E-state index in [0.29, 0.717) is 12.5 Å². The van der Waals surface area contributed by atoms with Crippen molar-refractivity contribution in [1.29, 1.82) is 5.26 Å². The van der Waals surface area contributed by atoms with E-state index in [9.17, 15) is 8.42 Å². The molecule has 1 N–H and O–H groups in total. The molecule has 4 nitrogen and oxygen atoms in total. The third-order valence-corrected chi connectivity index (χ3v) is 4.31. The van der Waals surface area contributed by atoms with Crippen molar-refractivity contribution in [2.75, 3.05) is 6.54 Å². The van der Waals surface area contributed by atoms with E-state index in [1.165, 1.54) is 18.2 Å². The lowest BCUT2D eigenvalue weighted by Crippen LogP contribution is -2.26. The van der Waals surface area contributed by atoms with Gasteiger partial charge in [0.15, 0.2) is 0 Å². The second-order valence-corrected chi connectivity index (χ2v) is 6.48. The molecule has 18 heavy (non-hydrogen) atoms. The van der Waals surface area contributed by atoms with E-state index >= 15 is 0 Å². The standard InChI is InChI=1S/C12H15ClN2O2S/c1-9(2)5-6-15-18(16,17)12-7-10(8-14)3-4-11(12)13/h3-4,7,9,15H,5-6H2,1-2H3. The van der Waals surface area contributed by atoms with E-state index in [1.54, 1.807) is 0 Å². The molecule has 1 aromatic carbocycles. The molecule has 1 rings (SSSR count). The normalized spacial score (nSPS) is 11.5. The van der Waals surface area contributed by atoms with Crippen LogP contribution in [0.25, 0.3) is 0 Å². The van der Waals surface area contributed by atoms with Crippen LogP contribution >= 0.6 is 11.6 Å². The fourth-order valence-corrected chi connectivity index (χ4v) is 2.91. The molecule has 0 atom stereocenters. The molecule has 0 aliphatic carbocycles. The number of nitrogens with one attached hydrogen (secondary N) is 1. The predicted molar refractivity (Wildman–Crippen MR) is 70.8 cm³/mol. The van der Waals surface area contributed by atoms with E-state index < -0.39 is 10.0 Å². The van der Waals surface area contributed by atoms with Gasteiger partial charge in [0.05, 0.1) is 16.7 Å². The van der Waals surface area contributed by atoms with E-state index in [4.69, 9.17) is 16.9 Å². The largest absolute Gasteiger partial charge is 0.242 e. The van der Waals surface area contributed by atoms with E-state index in [1.807, 2.05) is 19.9 Å². The number of hydrogen-bond donors (Lipinski definition) is 1. The minimum Gasteiger partial charge on any atom is -0.211 e. The van der Waals surface area contributed by atoms with Crippen LogP contribution in [0.2, 0.25) is 5.02 Å². The van der Waals surface area contributed by atoms with Crippen molar-refractivity contribution in [2.45, 2.75) is 25.2 Å². The smallest absolute Gasteiger partial charge is 0.211 e. The summed E-state index contributed by atoms with van der Waals surface area (Å²) in [6, 6.07) is 6.06. The Bertz CT molecular complexity index is 562. The van der Waals surface area contributed by atoms with Crippen LogP contribution in [0.3, 0.4) is 0 Å². The third kappa shape index (κ3) is 3.98. The van der Waals surface area contributed by atoms with Crippen LogP contribution in [0.1, 0.15) is 25.8 Å². The number of benzene rings is 1. The summed E-state index contributed by atoms with van der Waals surface area (Å²) in [6.45, 7) is 4.38. The van der Waals surface area contributed by atoms with Crippen molar-refractivity contribution >= 4 is 21.6 Å². The molecular formula is C12H15ClN2O2S. The highest BCUT2D eigenvalue weighted by Crippen LogP contribution is 2.22. The zero-order valence-corrected chi connectivity index (χ0v) is 11.8. The fraction of sp³-hybridized carbons (Fsp3) is 0.417. The number of rotatable bonds is 5. The van der Waals surface area contributed by atoms with Gasteiger partial charge in [-0.05, 0) is 30.5 Å². The molecule has 0 aliphatic heterocycles. The predicted octanol–water partition coefficient (Wildman–Crippen LogP) is 2.54. The van der Waals surface area contributed by atoms with Gasteiger partial charge in [-0.15, -0.1) is 0 Å². The maximum absolute atomic E-state index is 12.0. The molecule has 0 saturated carbocycles. The summed E-state index contributed by atoms with van der Waals surface area (Å²) < 4.78 is 26.5. The highest BCUT2D eigenvalue weighted by molar-refractivity contribution is 7.89. The lowest BCUT2D eigenvalue weighted by molar-refractivity contribution is 0.551. The average molecular weight is 287 g/mol. The monoisotopic (exact) mass is 286 g/mol. The van der Waals surface area contributed by atoms with E-state index in [2.05, 4.69) is 4.72 Å². The third-order valence-electron chi connectivity index (χ3n) is 2.36. The maximum Gasteiger partial charge on any atom is 0.242 e. The lowest BCUT2D eigenvalue weighted by Gasteiger charge is -2.09. The molecule has 1 aromatic rings. The Balaban J connectivity index is 2.95. The molecule has 0 unspecified atom stereocenters. The molecule has 0 fully saturated rings. The summed E-state index contributed by atoms with van der Waals surface area (Å²) in [5.74, 6) is 0.411. The maximum atomic E-state index is 12.0. The van der Waals surface area contributed by atoms with Gasteiger partial charge >= 0.3 is 0 Å². The molecule has 0 spiro atoms. The summed E-state index contributed by atoms with van der Waals surface area (Å²) in [5, 5.41) is 8.88. The number of halogens is 1. The van der Waals surface area contributed by atoms with Gasteiger partial charge in [0.25, 0.3) is 0 Å². The van der Waals surface area contributed by atoms with Crippen LogP contribution in [0, 0.1) is 17.2 Å². The highest BCUT2D eigenvalue weighted by atomic mass is 35.5. The van der Waals surface area contributed by atoms with Gasteiger partial charge in [0.1, 0.15) is 4.90 Å². The molecule has 6 heteroatoms. The molecule has 0 aromatic heterocycles. The van der Waals surface area contributed by atoms with Gasteiger partial charge in [-0.1, -0.05) is 25.4 Å². The zero-order chi connectivity index (χ0) is 13.8. The van der Waals surface area contributed by atoms with Crippen molar-refractivity contribution in [3.8, 4) is 6.07 Å². The molecule has 0 aliphatic rings. The first-order valence-corrected chi connectivity index (χ1v) is 7.42. The van der Waals surface area contributed by atoms with Crippen molar-refractivity contribution < 1.29 is 8.42 Å². The summed E-state index contributed by atoms with van der Waals surface area (Å²) in [4.78, 5) is -0.0491. The molecular weight excluding hydrogens is 272 g/mol. The summed E-state index contributed by atoms with van der Waals surface area (Å²) in [5.41, 5.74) is 0.267. The van der Waals surface area contributed by atoms with Crippen molar-refractivity contribution in [3.63, 3.8) is 0 Å². The Labute approximate surface area is 113 Å². The van der Waals surface area contributed by atoms with E-state index in [0.717, 1.165) is 6.42 Å². The Morgan fingerprint density at radius 1 is 1.44 bits per heavy atom. The molecule has 0 radical (unpaired) electrons. The molecule has 0 heterocycles. The quantitative estimate of drug-likeness (QED) is 0.904. The molecule has 0 saturated heterocycles.